The predicted octanol–water partition coefficient (Wildman–Crippen LogP) is 0.0711. The number of β-amino-alcohol motifs (C(OH)–C–C–N with tert-alkyl or cyclic N) is 1. The van der Waals surface area contributed by atoms with E-state index in [1.807, 2.05) is 11.4 Å². The van der Waals surface area contributed by atoms with E-state index in [1.54, 1.807) is 11.0 Å². The van der Waals surface area contributed by atoms with Crippen molar-refractivity contribution < 1.29 is 14.7 Å². The third kappa shape index (κ3) is 3.04. The summed E-state index contributed by atoms with van der Waals surface area (Å²) in [6.07, 6.45) is -0.0937. The number of carbonyl (C=O) groups excluding carboxylic acids is 2. The molecular formula is C11H14N2O3S. The van der Waals surface area contributed by atoms with E-state index < -0.39 is 0 Å². The number of carbonyl (C=O) groups is 2. The van der Waals surface area contributed by atoms with E-state index in [2.05, 4.69) is 5.32 Å². The zero-order chi connectivity index (χ0) is 12.3. The number of aliphatic hydroxyl groups is 1. The van der Waals surface area contributed by atoms with Gasteiger partial charge in [0, 0.05) is 26.1 Å². The second kappa shape index (κ2) is 5.29. The molecule has 17 heavy (non-hydrogen) atoms. The fourth-order valence-electron chi connectivity index (χ4n) is 1.59. The van der Waals surface area contributed by atoms with Crippen molar-refractivity contribution in [2.75, 3.05) is 19.6 Å². The fraction of sp³-hybridized carbons (Fsp3) is 0.455. The molecule has 5 nitrogen and oxygen atoms in total. The molecule has 1 aromatic heterocycles. The molecule has 2 amide bonds. The van der Waals surface area contributed by atoms with Gasteiger partial charge in [0.25, 0.3) is 5.91 Å². The Morgan fingerprint density at radius 3 is 2.88 bits per heavy atom. The Hall–Kier alpha value is -1.40. The summed E-state index contributed by atoms with van der Waals surface area (Å²) >= 11 is 1.37. The molecule has 0 saturated carbocycles. The van der Waals surface area contributed by atoms with E-state index in [4.69, 9.17) is 5.11 Å². The lowest BCUT2D eigenvalue weighted by Crippen LogP contribution is -2.53. The Morgan fingerprint density at radius 1 is 1.53 bits per heavy atom. The van der Waals surface area contributed by atoms with E-state index in [1.165, 1.54) is 11.3 Å². The van der Waals surface area contributed by atoms with Gasteiger partial charge in [0.2, 0.25) is 5.91 Å². The fourth-order valence-corrected chi connectivity index (χ4v) is 2.23. The smallest absolute Gasteiger partial charge is 0.261 e. The maximum Gasteiger partial charge on any atom is 0.261 e. The molecule has 1 saturated heterocycles. The molecule has 2 rings (SSSR count). The van der Waals surface area contributed by atoms with Crippen LogP contribution < -0.4 is 5.32 Å². The Balaban J connectivity index is 1.66. The van der Waals surface area contributed by atoms with Crippen LogP contribution in [0.25, 0.3) is 0 Å². The first-order valence-electron chi connectivity index (χ1n) is 5.44. The summed E-state index contributed by atoms with van der Waals surface area (Å²) in [6.45, 7) is 1.16. The van der Waals surface area contributed by atoms with Gasteiger partial charge in [0.15, 0.2) is 0 Å². The summed E-state index contributed by atoms with van der Waals surface area (Å²) in [5.41, 5.74) is 0. The van der Waals surface area contributed by atoms with Crippen molar-refractivity contribution >= 4 is 23.2 Å². The molecule has 0 radical (unpaired) electrons. The van der Waals surface area contributed by atoms with Crippen LogP contribution in [0.4, 0.5) is 0 Å². The Morgan fingerprint density at radius 2 is 2.29 bits per heavy atom. The number of amides is 2. The van der Waals surface area contributed by atoms with E-state index in [0.717, 1.165) is 0 Å². The lowest BCUT2D eigenvalue weighted by molar-refractivity contribution is -0.141. The van der Waals surface area contributed by atoms with Crippen LogP contribution in [0, 0.1) is 0 Å². The Kier molecular flexibility index (Phi) is 3.75. The molecule has 6 heteroatoms. The van der Waals surface area contributed by atoms with Crippen LogP contribution in [0.3, 0.4) is 0 Å². The van der Waals surface area contributed by atoms with Crippen LogP contribution in [0.5, 0.6) is 0 Å². The number of aliphatic hydroxyl groups excluding tert-OH is 1. The van der Waals surface area contributed by atoms with Crippen LogP contribution in [0.15, 0.2) is 17.5 Å². The van der Waals surface area contributed by atoms with Crippen LogP contribution in [0.1, 0.15) is 16.1 Å². The SMILES string of the molecule is O=C(NCCC(=O)N1CC(O)C1)c1cccs1. The summed E-state index contributed by atoms with van der Waals surface area (Å²) in [5.74, 6) is -0.168. The van der Waals surface area contributed by atoms with Gasteiger partial charge in [0.05, 0.1) is 11.0 Å². The van der Waals surface area contributed by atoms with Crippen LogP contribution >= 0.6 is 11.3 Å². The van der Waals surface area contributed by atoms with Crippen LogP contribution in [-0.2, 0) is 4.79 Å². The number of hydrogen-bond acceptors (Lipinski definition) is 4. The van der Waals surface area contributed by atoms with E-state index in [-0.39, 0.29) is 24.3 Å². The van der Waals surface area contributed by atoms with Crippen LogP contribution in [0.2, 0.25) is 0 Å². The lowest BCUT2D eigenvalue weighted by atomic mass is 10.1. The highest BCUT2D eigenvalue weighted by molar-refractivity contribution is 7.12. The largest absolute Gasteiger partial charge is 0.389 e. The Bertz CT molecular complexity index is 399. The second-order valence-electron chi connectivity index (χ2n) is 3.94. The molecule has 0 bridgehead atoms. The summed E-state index contributed by atoms with van der Waals surface area (Å²) in [4.78, 5) is 25.3. The van der Waals surface area contributed by atoms with Crippen molar-refractivity contribution in [3.05, 3.63) is 22.4 Å². The molecule has 0 spiro atoms. The molecule has 1 aromatic rings. The quantitative estimate of drug-likeness (QED) is 0.799. The predicted molar refractivity (Wildman–Crippen MR) is 63.9 cm³/mol. The molecule has 0 aliphatic carbocycles. The highest BCUT2D eigenvalue weighted by Gasteiger charge is 2.28. The average molecular weight is 254 g/mol. The standard InChI is InChI=1S/C11H14N2O3S/c14-8-6-13(7-8)10(15)3-4-12-11(16)9-2-1-5-17-9/h1-2,5,8,14H,3-4,6-7H2,(H,12,16). The molecule has 1 aliphatic heterocycles. The van der Waals surface area contributed by atoms with Crippen molar-refractivity contribution in [2.45, 2.75) is 12.5 Å². The highest BCUT2D eigenvalue weighted by atomic mass is 32.1. The summed E-state index contributed by atoms with van der Waals surface area (Å²) in [5, 5.41) is 13.6. The van der Waals surface area contributed by atoms with Gasteiger partial charge in [-0.3, -0.25) is 9.59 Å². The zero-order valence-corrected chi connectivity index (χ0v) is 10.1. The number of nitrogens with zero attached hydrogens (tertiary/aromatic N) is 1. The lowest BCUT2D eigenvalue weighted by Gasteiger charge is -2.35. The average Bonchev–Trinajstić information content (AvgIpc) is 2.77. The number of nitrogens with one attached hydrogen (secondary N) is 1. The zero-order valence-electron chi connectivity index (χ0n) is 9.26. The van der Waals surface area contributed by atoms with Crippen molar-refractivity contribution in [1.29, 1.82) is 0 Å². The van der Waals surface area contributed by atoms with Gasteiger partial charge in [-0.15, -0.1) is 11.3 Å². The number of rotatable bonds is 4. The van der Waals surface area contributed by atoms with Crippen LogP contribution in [-0.4, -0.2) is 47.6 Å². The minimum atomic E-state index is -0.375. The minimum Gasteiger partial charge on any atom is -0.389 e. The summed E-state index contributed by atoms with van der Waals surface area (Å²) < 4.78 is 0. The minimum absolute atomic E-state index is 0.0261. The van der Waals surface area contributed by atoms with Gasteiger partial charge in [-0.1, -0.05) is 6.07 Å². The van der Waals surface area contributed by atoms with E-state index in [0.29, 0.717) is 24.5 Å². The molecule has 2 N–H and O–H groups in total. The first-order valence-corrected chi connectivity index (χ1v) is 6.32. The van der Waals surface area contributed by atoms with Crippen molar-refractivity contribution in [1.82, 2.24) is 10.2 Å². The van der Waals surface area contributed by atoms with Crippen molar-refractivity contribution in [3.8, 4) is 0 Å². The topological polar surface area (TPSA) is 69.6 Å². The van der Waals surface area contributed by atoms with Crippen molar-refractivity contribution in [3.63, 3.8) is 0 Å². The monoisotopic (exact) mass is 254 g/mol. The molecular weight excluding hydrogens is 240 g/mol. The molecule has 0 aromatic carbocycles. The van der Waals surface area contributed by atoms with Gasteiger partial charge in [-0.2, -0.15) is 0 Å². The van der Waals surface area contributed by atoms with Crippen molar-refractivity contribution in [2.24, 2.45) is 0 Å². The first kappa shape index (κ1) is 12.1. The molecule has 0 unspecified atom stereocenters. The van der Waals surface area contributed by atoms with Gasteiger partial charge >= 0.3 is 0 Å². The van der Waals surface area contributed by atoms with Gasteiger partial charge < -0.3 is 15.3 Å². The normalized spacial score (nSPS) is 15.5. The summed E-state index contributed by atoms with van der Waals surface area (Å²) in [6, 6.07) is 3.56. The molecule has 92 valence electrons. The molecule has 1 fully saturated rings. The maximum absolute atomic E-state index is 11.5. The van der Waals surface area contributed by atoms with E-state index >= 15 is 0 Å². The van der Waals surface area contributed by atoms with E-state index in [9.17, 15) is 9.59 Å². The first-order chi connectivity index (χ1) is 8.16. The number of hydrogen-bond donors (Lipinski definition) is 2. The number of likely N-dealkylation sites (tertiary alicyclic amines) is 1. The van der Waals surface area contributed by atoms with Gasteiger partial charge in [-0.25, -0.2) is 0 Å². The number of thiophene rings is 1. The maximum atomic E-state index is 11.5. The summed E-state index contributed by atoms with van der Waals surface area (Å²) in [7, 11) is 0. The Labute approximate surface area is 103 Å². The van der Waals surface area contributed by atoms with Gasteiger partial charge in [-0.05, 0) is 11.4 Å². The molecule has 2 heterocycles. The highest BCUT2D eigenvalue weighted by Crippen LogP contribution is 2.09. The third-order valence-electron chi connectivity index (χ3n) is 2.58. The third-order valence-corrected chi connectivity index (χ3v) is 3.45. The second-order valence-corrected chi connectivity index (χ2v) is 4.88. The molecule has 0 atom stereocenters. The van der Waals surface area contributed by atoms with Gasteiger partial charge in [0.1, 0.15) is 0 Å². The molecule has 1 aliphatic rings.